The van der Waals surface area contributed by atoms with Gasteiger partial charge in [-0.2, -0.15) is 13.2 Å². The Bertz CT molecular complexity index is 807. The molecule has 0 aliphatic carbocycles. The Kier molecular flexibility index (Phi) is 4.69. The molecule has 24 heavy (non-hydrogen) atoms. The Hall–Kier alpha value is -1.43. The van der Waals surface area contributed by atoms with E-state index in [1.165, 1.54) is 12.1 Å². The standard InChI is InChI=1S/C13H13F3N2O4S2/c14-13(15,16)11-6-9(18-22-11)10-3-4-12(23-10)24(19,20)17-7-8-2-1-5-21-8/h3-4,6,8,17H,1-2,5,7H2. The number of thiophene rings is 1. The average molecular weight is 382 g/mol. The van der Waals surface area contributed by atoms with Crippen molar-refractivity contribution >= 4 is 21.4 Å². The van der Waals surface area contributed by atoms with Crippen molar-refractivity contribution in [3.63, 3.8) is 0 Å². The summed E-state index contributed by atoms with van der Waals surface area (Å²) in [4.78, 5) is 0.270. The predicted octanol–water partition coefficient (Wildman–Crippen LogP) is 2.88. The molecule has 1 saturated heterocycles. The molecule has 1 aliphatic heterocycles. The maximum Gasteiger partial charge on any atom is 0.452 e. The van der Waals surface area contributed by atoms with Gasteiger partial charge < -0.3 is 9.26 Å². The van der Waals surface area contributed by atoms with Gasteiger partial charge in [0.25, 0.3) is 0 Å². The van der Waals surface area contributed by atoms with Gasteiger partial charge in [-0.15, -0.1) is 11.3 Å². The summed E-state index contributed by atoms with van der Waals surface area (Å²) in [5, 5.41) is 3.34. The van der Waals surface area contributed by atoms with E-state index in [2.05, 4.69) is 14.4 Å². The van der Waals surface area contributed by atoms with Crippen molar-refractivity contribution < 1.29 is 30.8 Å². The fourth-order valence-corrected chi connectivity index (χ4v) is 4.58. The molecule has 11 heteroatoms. The minimum absolute atomic E-state index is 0.00736. The molecule has 1 unspecified atom stereocenters. The normalized spacial score (nSPS) is 19.0. The molecular formula is C13H13F3N2O4S2. The highest BCUT2D eigenvalue weighted by atomic mass is 32.2. The molecule has 0 amide bonds. The summed E-state index contributed by atoms with van der Waals surface area (Å²) in [6.07, 6.45) is -3.11. The van der Waals surface area contributed by atoms with E-state index in [0.717, 1.165) is 30.2 Å². The average Bonchev–Trinajstić information content (AvgIpc) is 3.23. The third-order valence-corrected chi connectivity index (χ3v) is 6.44. The van der Waals surface area contributed by atoms with Crippen LogP contribution in [0.2, 0.25) is 0 Å². The maximum absolute atomic E-state index is 12.5. The zero-order valence-corrected chi connectivity index (χ0v) is 13.8. The van der Waals surface area contributed by atoms with Crippen LogP contribution in [0.1, 0.15) is 18.6 Å². The van der Waals surface area contributed by atoms with Crippen molar-refractivity contribution in [2.24, 2.45) is 0 Å². The molecule has 1 aliphatic rings. The number of hydrogen-bond donors (Lipinski definition) is 1. The van der Waals surface area contributed by atoms with Crippen LogP contribution in [0.5, 0.6) is 0 Å². The first-order chi connectivity index (χ1) is 11.3. The summed E-state index contributed by atoms with van der Waals surface area (Å²) in [6.45, 7) is 0.779. The smallest absolute Gasteiger partial charge is 0.377 e. The summed E-state index contributed by atoms with van der Waals surface area (Å²) in [7, 11) is -3.75. The monoisotopic (exact) mass is 382 g/mol. The number of halogens is 3. The second kappa shape index (κ2) is 6.47. The first-order valence-corrected chi connectivity index (χ1v) is 9.31. The largest absolute Gasteiger partial charge is 0.452 e. The number of nitrogens with zero attached hydrogens (tertiary/aromatic N) is 1. The van der Waals surface area contributed by atoms with Crippen LogP contribution in [0.4, 0.5) is 13.2 Å². The number of rotatable bonds is 5. The van der Waals surface area contributed by atoms with Crippen LogP contribution in [0, 0.1) is 0 Å². The van der Waals surface area contributed by atoms with Crippen molar-refractivity contribution in [2.75, 3.05) is 13.2 Å². The quantitative estimate of drug-likeness (QED) is 0.860. The molecule has 0 radical (unpaired) electrons. The molecule has 3 rings (SSSR count). The molecular weight excluding hydrogens is 369 g/mol. The van der Waals surface area contributed by atoms with Crippen LogP contribution in [0.15, 0.2) is 26.9 Å². The molecule has 0 bridgehead atoms. The summed E-state index contributed by atoms with van der Waals surface area (Å²) in [6, 6.07) is 3.45. The SMILES string of the molecule is O=S(=O)(NCC1CCCO1)c1ccc(-c2cc(C(F)(F)F)on2)s1. The molecule has 3 heterocycles. The maximum atomic E-state index is 12.5. The van der Waals surface area contributed by atoms with Crippen LogP contribution in [0.25, 0.3) is 10.6 Å². The molecule has 1 atom stereocenters. The molecule has 1 fully saturated rings. The lowest BCUT2D eigenvalue weighted by Gasteiger charge is -2.10. The van der Waals surface area contributed by atoms with Crippen molar-refractivity contribution in [1.82, 2.24) is 9.88 Å². The lowest BCUT2D eigenvalue weighted by molar-refractivity contribution is -0.155. The van der Waals surface area contributed by atoms with Crippen molar-refractivity contribution in [2.45, 2.75) is 29.3 Å². The van der Waals surface area contributed by atoms with Gasteiger partial charge in [0.05, 0.1) is 11.0 Å². The van der Waals surface area contributed by atoms with Gasteiger partial charge in [-0.05, 0) is 25.0 Å². The number of nitrogens with one attached hydrogen (secondary N) is 1. The number of ether oxygens (including phenoxy) is 1. The van der Waals surface area contributed by atoms with Gasteiger partial charge in [0.1, 0.15) is 9.90 Å². The molecule has 0 saturated carbocycles. The van der Waals surface area contributed by atoms with Gasteiger partial charge in [-0.1, -0.05) is 5.16 Å². The zero-order valence-electron chi connectivity index (χ0n) is 12.2. The Balaban J connectivity index is 1.73. The zero-order chi connectivity index (χ0) is 17.4. The van der Waals surface area contributed by atoms with Crippen LogP contribution in [-0.2, 0) is 20.9 Å². The second-order valence-corrected chi connectivity index (χ2v) is 8.26. The third-order valence-electron chi connectivity index (χ3n) is 3.41. The van der Waals surface area contributed by atoms with Crippen LogP contribution in [-0.4, -0.2) is 32.8 Å². The third kappa shape index (κ3) is 3.79. The fourth-order valence-electron chi connectivity index (χ4n) is 2.21. The van der Waals surface area contributed by atoms with Crippen molar-refractivity contribution in [3.8, 4) is 10.6 Å². The molecule has 1 N–H and O–H groups in total. The van der Waals surface area contributed by atoms with E-state index < -0.39 is 22.0 Å². The van der Waals surface area contributed by atoms with E-state index in [1.54, 1.807) is 0 Å². The topological polar surface area (TPSA) is 81.4 Å². The van der Waals surface area contributed by atoms with Gasteiger partial charge in [0.2, 0.25) is 15.8 Å². The molecule has 2 aromatic heterocycles. The molecule has 0 spiro atoms. The van der Waals surface area contributed by atoms with Gasteiger partial charge >= 0.3 is 6.18 Å². The van der Waals surface area contributed by atoms with Crippen molar-refractivity contribution in [3.05, 3.63) is 24.0 Å². The van der Waals surface area contributed by atoms with Gasteiger partial charge in [-0.3, -0.25) is 0 Å². The van der Waals surface area contributed by atoms with Gasteiger partial charge in [0, 0.05) is 19.2 Å². The van der Waals surface area contributed by atoms with E-state index in [9.17, 15) is 21.6 Å². The van der Waals surface area contributed by atoms with Crippen LogP contribution < -0.4 is 4.72 Å². The summed E-state index contributed by atoms with van der Waals surface area (Å²) >= 11 is 0.818. The Labute approximate surface area is 139 Å². The van der Waals surface area contributed by atoms with E-state index >= 15 is 0 Å². The Morgan fingerprint density at radius 3 is 2.79 bits per heavy atom. The van der Waals surface area contributed by atoms with Crippen molar-refractivity contribution in [1.29, 1.82) is 0 Å². The summed E-state index contributed by atoms with van der Waals surface area (Å²) in [5.74, 6) is -1.23. The minimum Gasteiger partial charge on any atom is -0.377 e. The highest BCUT2D eigenvalue weighted by molar-refractivity contribution is 7.91. The molecule has 0 aromatic carbocycles. The number of aromatic nitrogens is 1. The van der Waals surface area contributed by atoms with E-state index in [0.29, 0.717) is 6.61 Å². The molecule has 2 aromatic rings. The fraction of sp³-hybridized carbons (Fsp3) is 0.462. The van der Waals surface area contributed by atoms with Crippen LogP contribution >= 0.6 is 11.3 Å². The predicted molar refractivity (Wildman–Crippen MR) is 79.0 cm³/mol. The van der Waals surface area contributed by atoms with Gasteiger partial charge in [0.15, 0.2) is 0 Å². The lowest BCUT2D eigenvalue weighted by Crippen LogP contribution is -2.31. The van der Waals surface area contributed by atoms with Gasteiger partial charge in [-0.25, -0.2) is 13.1 Å². The van der Waals surface area contributed by atoms with E-state index in [4.69, 9.17) is 4.74 Å². The molecule has 6 nitrogen and oxygen atoms in total. The Morgan fingerprint density at radius 1 is 1.38 bits per heavy atom. The highest BCUT2D eigenvalue weighted by Crippen LogP contribution is 2.35. The number of sulfonamides is 1. The lowest BCUT2D eigenvalue weighted by atomic mass is 10.2. The first-order valence-electron chi connectivity index (χ1n) is 7.01. The number of hydrogen-bond acceptors (Lipinski definition) is 6. The Morgan fingerprint density at radius 2 is 2.17 bits per heavy atom. The first kappa shape index (κ1) is 17.4. The molecule has 132 valence electrons. The van der Waals surface area contributed by atoms with E-state index in [-0.39, 0.29) is 27.4 Å². The van der Waals surface area contributed by atoms with E-state index in [1.807, 2.05) is 0 Å². The summed E-state index contributed by atoms with van der Waals surface area (Å²) in [5.41, 5.74) is -0.0621. The highest BCUT2D eigenvalue weighted by Gasteiger charge is 2.36. The second-order valence-electron chi connectivity index (χ2n) is 5.18. The number of alkyl halides is 3. The summed E-state index contributed by atoms with van der Waals surface area (Å²) < 4.78 is 74.0. The van der Waals surface area contributed by atoms with Crippen LogP contribution in [0.3, 0.4) is 0 Å². The minimum atomic E-state index is -4.64.